The summed E-state index contributed by atoms with van der Waals surface area (Å²) in [5, 5.41) is 3.98. The van der Waals surface area contributed by atoms with Crippen molar-refractivity contribution in [3.63, 3.8) is 0 Å². The maximum absolute atomic E-state index is 10.8. The Bertz CT molecular complexity index is 329. The van der Waals surface area contributed by atoms with E-state index in [1.807, 2.05) is 0 Å². The van der Waals surface area contributed by atoms with Gasteiger partial charge in [-0.15, -0.1) is 0 Å². The first-order chi connectivity index (χ1) is 5.68. The van der Waals surface area contributed by atoms with E-state index in [-0.39, 0.29) is 5.69 Å². The average Bonchev–Trinajstić information content (AvgIpc) is 2.75. The highest BCUT2D eigenvalue weighted by atomic mass is 35.5. The van der Waals surface area contributed by atoms with Crippen LogP contribution in [-0.2, 0) is 0 Å². The molecule has 0 atom stereocenters. The molecule has 0 unspecified atom stereocenters. The summed E-state index contributed by atoms with van der Waals surface area (Å²) >= 11 is 5.62. The molecule has 0 bridgehead atoms. The van der Waals surface area contributed by atoms with Crippen molar-refractivity contribution in [3.05, 3.63) is 17.5 Å². The first kappa shape index (κ1) is 7.61. The number of hydrogen-bond donors (Lipinski definition) is 1. The van der Waals surface area contributed by atoms with Crippen molar-refractivity contribution in [1.29, 1.82) is 0 Å². The first-order valence-corrected chi connectivity index (χ1v) is 4.08. The van der Waals surface area contributed by atoms with Crippen LogP contribution in [0.25, 0.3) is 0 Å². The third-order valence-corrected chi connectivity index (χ3v) is 2.19. The van der Waals surface area contributed by atoms with E-state index in [1.54, 1.807) is 6.07 Å². The molecule has 12 heavy (non-hydrogen) atoms. The van der Waals surface area contributed by atoms with Crippen molar-refractivity contribution < 1.29 is 4.79 Å². The van der Waals surface area contributed by atoms with E-state index in [9.17, 15) is 4.79 Å². The molecular weight excluding hydrogens is 178 g/mol. The van der Waals surface area contributed by atoms with Gasteiger partial charge in [-0.3, -0.25) is 4.79 Å². The second kappa shape index (κ2) is 2.48. The van der Waals surface area contributed by atoms with Crippen LogP contribution in [0.4, 0.5) is 0 Å². The third-order valence-electron chi connectivity index (χ3n) is 1.93. The first-order valence-electron chi connectivity index (χ1n) is 3.74. The zero-order valence-electron chi connectivity index (χ0n) is 6.33. The van der Waals surface area contributed by atoms with Gasteiger partial charge in [0.1, 0.15) is 5.69 Å². The highest BCUT2D eigenvalue weighted by Gasteiger charge is 2.27. The lowest BCUT2D eigenvalue weighted by atomic mass is 10.2. The summed E-state index contributed by atoms with van der Waals surface area (Å²) in [5.41, 5.74) is 6.20. The zero-order chi connectivity index (χ0) is 8.72. The lowest BCUT2D eigenvalue weighted by molar-refractivity contribution is 0.0994. The number of hydrogen-bond acceptors (Lipinski definition) is 2. The standard InChI is InChI=1S/C7H8ClN3O/c8-11-6(7(9)12)3-5(10-11)4-1-2-4/h3-4H,1-2H2,(H2,9,12). The fraction of sp³-hybridized carbons (Fsp3) is 0.429. The van der Waals surface area contributed by atoms with E-state index >= 15 is 0 Å². The molecule has 1 amide bonds. The third kappa shape index (κ3) is 1.18. The maximum Gasteiger partial charge on any atom is 0.268 e. The molecule has 0 spiro atoms. The lowest BCUT2D eigenvalue weighted by Crippen LogP contribution is -2.13. The highest BCUT2D eigenvalue weighted by molar-refractivity contribution is 6.17. The number of amides is 1. The number of primary amides is 1. The minimum absolute atomic E-state index is 0.263. The summed E-state index contributed by atoms with van der Waals surface area (Å²) in [6, 6.07) is 1.66. The van der Waals surface area contributed by atoms with E-state index in [4.69, 9.17) is 17.5 Å². The molecule has 1 aromatic rings. The van der Waals surface area contributed by atoms with Crippen molar-refractivity contribution in [2.24, 2.45) is 5.73 Å². The van der Waals surface area contributed by atoms with Gasteiger partial charge in [-0.2, -0.15) is 9.30 Å². The molecule has 1 fully saturated rings. The molecule has 1 aliphatic rings. The van der Waals surface area contributed by atoms with Crippen LogP contribution in [0, 0.1) is 0 Å². The monoisotopic (exact) mass is 185 g/mol. The van der Waals surface area contributed by atoms with Crippen LogP contribution in [0.3, 0.4) is 0 Å². The quantitative estimate of drug-likeness (QED) is 0.743. The predicted octanol–water partition coefficient (Wildman–Crippen LogP) is 0.861. The van der Waals surface area contributed by atoms with E-state index in [1.165, 1.54) is 0 Å². The van der Waals surface area contributed by atoms with Gasteiger partial charge >= 0.3 is 0 Å². The summed E-state index contributed by atoms with van der Waals surface area (Å²) in [5.74, 6) is -0.0486. The Morgan fingerprint density at radius 2 is 2.42 bits per heavy atom. The zero-order valence-corrected chi connectivity index (χ0v) is 7.08. The van der Waals surface area contributed by atoms with Crippen LogP contribution in [0.1, 0.15) is 34.9 Å². The molecule has 5 heteroatoms. The van der Waals surface area contributed by atoms with Gasteiger partial charge in [0.05, 0.1) is 5.69 Å². The van der Waals surface area contributed by atoms with Crippen LogP contribution < -0.4 is 5.73 Å². The second-order valence-electron chi connectivity index (χ2n) is 2.95. The van der Waals surface area contributed by atoms with Crippen LogP contribution in [0.5, 0.6) is 0 Å². The van der Waals surface area contributed by atoms with Crippen molar-refractivity contribution >= 4 is 17.7 Å². The molecular formula is C7H8ClN3O. The number of aromatic nitrogens is 2. The van der Waals surface area contributed by atoms with Gasteiger partial charge in [0, 0.05) is 17.7 Å². The molecule has 1 aromatic heterocycles. The Hall–Kier alpha value is -1.03. The number of nitrogens with zero attached hydrogens (tertiary/aromatic N) is 2. The molecule has 2 rings (SSSR count). The van der Waals surface area contributed by atoms with E-state index in [0.29, 0.717) is 5.92 Å². The Kier molecular flexibility index (Phi) is 1.58. The Balaban J connectivity index is 2.36. The average molecular weight is 186 g/mol. The SMILES string of the molecule is NC(=O)c1cc(C2CC2)nn1Cl. The van der Waals surface area contributed by atoms with Crippen LogP contribution in [0.15, 0.2) is 6.07 Å². The fourth-order valence-electron chi connectivity index (χ4n) is 1.12. The summed E-state index contributed by atoms with van der Waals surface area (Å²) in [7, 11) is 0. The summed E-state index contributed by atoms with van der Waals surface area (Å²) in [4.78, 5) is 10.8. The second-order valence-corrected chi connectivity index (χ2v) is 3.27. The van der Waals surface area contributed by atoms with Crippen LogP contribution in [-0.4, -0.2) is 15.2 Å². The molecule has 0 radical (unpaired) electrons. The van der Waals surface area contributed by atoms with Crippen molar-refractivity contribution in [1.82, 2.24) is 9.30 Å². The molecule has 2 N–H and O–H groups in total. The summed E-state index contributed by atoms with van der Waals surface area (Å²) < 4.78 is 1.02. The van der Waals surface area contributed by atoms with Crippen molar-refractivity contribution in [2.75, 3.05) is 0 Å². The van der Waals surface area contributed by atoms with Crippen LogP contribution in [0.2, 0.25) is 0 Å². The predicted molar refractivity (Wildman–Crippen MR) is 44.0 cm³/mol. The smallest absolute Gasteiger partial charge is 0.268 e. The minimum atomic E-state index is -0.538. The molecule has 1 aliphatic carbocycles. The Morgan fingerprint density at radius 1 is 1.75 bits per heavy atom. The van der Waals surface area contributed by atoms with E-state index in [2.05, 4.69) is 5.10 Å². The Labute approximate surface area is 74.4 Å². The molecule has 64 valence electrons. The van der Waals surface area contributed by atoms with E-state index in [0.717, 1.165) is 22.7 Å². The van der Waals surface area contributed by atoms with Gasteiger partial charge in [-0.25, -0.2) is 0 Å². The normalized spacial score (nSPS) is 16.4. The summed E-state index contributed by atoms with van der Waals surface area (Å²) in [6.07, 6.45) is 2.26. The molecule has 1 heterocycles. The molecule has 0 aliphatic heterocycles. The number of carbonyl (C=O) groups excluding carboxylic acids is 1. The van der Waals surface area contributed by atoms with Gasteiger partial charge in [-0.05, 0) is 18.9 Å². The van der Waals surface area contributed by atoms with Gasteiger partial charge < -0.3 is 5.73 Å². The highest BCUT2D eigenvalue weighted by Crippen LogP contribution is 2.39. The van der Waals surface area contributed by atoms with Gasteiger partial charge in [0.25, 0.3) is 5.91 Å². The largest absolute Gasteiger partial charge is 0.364 e. The van der Waals surface area contributed by atoms with E-state index < -0.39 is 5.91 Å². The number of carbonyl (C=O) groups is 1. The van der Waals surface area contributed by atoms with Gasteiger partial charge in [0.15, 0.2) is 0 Å². The fourth-order valence-corrected chi connectivity index (χ4v) is 1.34. The number of nitrogens with two attached hydrogens (primary N) is 1. The van der Waals surface area contributed by atoms with Crippen molar-refractivity contribution in [2.45, 2.75) is 18.8 Å². The molecule has 0 aromatic carbocycles. The molecule has 0 saturated heterocycles. The van der Waals surface area contributed by atoms with Gasteiger partial charge in [0.2, 0.25) is 0 Å². The van der Waals surface area contributed by atoms with Gasteiger partial charge in [-0.1, -0.05) is 0 Å². The molecule has 1 saturated carbocycles. The number of rotatable bonds is 2. The minimum Gasteiger partial charge on any atom is -0.364 e. The topological polar surface area (TPSA) is 60.9 Å². The Morgan fingerprint density at radius 3 is 2.83 bits per heavy atom. The lowest BCUT2D eigenvalue weighted by Gasteiger charge is -1.88. The maximum atomic E-state index is 10.8. The number of halogens is 1. The van der Waals surface area contributed by atoms with Crippen molar-refractivity contribution in [3.8, 4) is 0 Å². The van der Waals surface area contributed by atoms with Crippen LogP contribution >= 0.6 is 11.8 Å². The summed E-state index contributed by atoms with van der Waals surface area (Å²) in [6.45, 7) is 0. The molecule has 4 nitrogen and oxygen atoms in total.